The van der Waals surface area contributed by atoms with Crippen molar-refractivity contribution in [2.45, 2.75) is 13.0 Å². The number of guanidine groups is 1. The molecule has 0 saturated heterocycles. The molecule has 0 aliphatic carbocycles. The van der Waals surface area contributed by atoms with Gasteiger partial charge in [0.15, 0.2) is 5.96 Å². The summed E-state index contributed by atoms with van der Waals surface area (Å²) in [6.45, 7) is 1.87. The predicted molar refractivity (Wildman–Crippen MR) is 112 cm³/mol. The second-order valence-corrected chi connectivity index (χ2v) is 5.73. The van der Waals surface area contributed by atoms with Crippen LogP contribution in [0.15, 0.2) is 53.8 Å². The highest BCUT2D eigenvalue weighted by atomic mass is 127. The number of nitrogens with two attached hydrogens (primary N) is 1. The molecule has 1 heterocycles. The monoisotopic (exact) mass is 473 g/mol. The van der Waals surface area contributed by atoms with Crippen LogP contribution < -0.4 is 16.4 Å². The van der Waals surface area contributed by atoms with Gasteiger partial charge in [0.2, 0.25) is 5.91 Å². The second-order valence-electron chi connectivity index (χ2n) is 5.73. The predicted octanol–water partition coefficient (Wildman–Crippen LogP) is 1.75. The molecular formula is C18H25FIN5O. The largest absolute Gasteiger partial charge is 0.369 e. The van der Waals surface area contributed by atoms with Gasteiger partial charge in [-0.2, -0.15) is 0 Å². The Labute approximate surface area is 170 Å². The molecule has 0 aliphatic heterocycles. The van der Waals surface area contributed by atoms with Crippen LogP contribution >= 0.6 is 24.0 Å². The number of amides is 1. The first kappa shape index (κ1) is 21.9. The SMILES string of the molecule is CN=C(NCCn1cccc1)NCC(Cc1ccc(F)cc1)C(N)=O.I. The van der Waals surface area contributed by atoms with E-state index < -0.39 is 11.8 Å². The van der Waals surface area contributed by atoms with E-state index in [1.807, 2.05) is 24.5 Å². The lowest BCUT2D eigenvalue weighted by atomic mass is 9.98. The molecule has 1 aromatic heterocycles. The first-order chi connectivity index (χ1) is 12.1. The van der Waals surface area contributed by atoms with Crippen molar-refractivity contribution >= 4 is 35.8 Å². The van der Waals surface area contributed by atoms with Crippen molar-refractivity contribution in [2.24, 2.45) is 16.6 Å². The van der Waals surface area contributed by atoms with Gasteiger partial charge in [-0.1, -0.05) is 12.1 Å². The van der Waals surface area contributed by atoms with Gasteiger partial charge < -0.3 is 20.9 Å². The molecule has 26 heavy (non-hydrogen) atoms. The minimum Gasteiger partial charge on any atom is -0.369 e. The lowest BCUT2D eigenvalue weighted by molar-refractivity contribution is -0.121. The smallest absolute Gasteiger partial charge is 0.222 e. The molecule has 4 N–H and O–H groups in total. The summed E-state index contributed by atoms with van der Waals surface area (Å²) in [5.41, 5.74) is 6.35. The highest BCUT2D eigenvalue weighted by molar-refractivity contribution is 14.0. The van der Waals surface area contributed by atoms with Gasteiger partial charge in [-0.25, -0.2) is 4.39 Å². The van der Waals surface area contributed by atoms with E-state index in [2.05, 4.69) is 20.2 Å². The van der Waals surface area contributed by atoms with Gasteiger partial charge in [-0.05, 0) is 36.2 Å². The van der Waals surface area contributed by atoms with E-state index in [1.165, 1.54) is 12.1 Å². The Morgan fingerprint density at radius 3 is 2.46 bits per heavy atom. The Hall–Kier alpha value is -2.10. The Bertz CT molecular complexity index is 688. The van der Waals surface area contributed by atoms with Gasteiger partial charge in [-0.3, -0.25) is 9.79 Å². The molecule has 2 rings (SSSR count). The van der Waals surface area contributed by atoms with Crippen LogP contribution in [0, 0.1) is 11.7 Å². The third kappa shape index (κ3) is 7.42. The number of nitrogens with zero attached hydrogens (tertiary/aromatic N) is 2. The van der Waals surface area contributed by atoms with E-state index >= 15 is 0 Å². The normalized spacial score (nSPS) is 12.2. The number of aromatic nitrogens is 1. The number of carbonyl (C=O) groups is 1. The summed E-state index contributed by atoms with van der Waals surface area (Å²) < 4.78 is 15.0. The number of aliphatic imine (C=N–C) groups is 1. The van der Waals surface area contributed by atoms with Gasteiger partial charge in [0.05, 0.1) is 5.92 Å². The van der Waals surface area contributed by atoms with E-state index in [0.717, 1.165) is 12.1 Å². The maximum atomic E-state index is 13.0. The van der Waals surface area contributed by atoms with Gasteiger partial charge in [0.25, 0.3) is 0 Å². The lowest BCUT2D eigenvalue weighted by Gasteiger charge is -2.17. The second kappa shape index (κ2) is 11.5. The van der Waals surface area contributed by atoms with Crippen LogP contribution in [0.5, 0.6) is 0 Å². The molecule has 0 radical (unpaired) electrons. The van der Waals surface area contributed by atoms with Crippen molar-refractivity contribution in [1.29, 1.82) is 0 Å². The molecule has 0 aliphatic rings. The number of carbonyl (C=O) groups excluding carboxylic acids is 1. The zero-order chi connectivity index (χ0) is 18.1. The van der Waals surface area contributed by atoms with Gasteiger partial charge in [0.1, 0.15) is 5.82 Å². The number of benzene rings is 1. The maximum Gasteiger partial charge on any atom is 0.222 e. The maximum absolute atomic E-state index is 13.0. The fourth-order valence-electron chi connectivity index (χ4n) is 2.44. The fraction of sp³-hybridized carbons (Fsp3) is 0.333. The first-order valence-corrected chi connectivity index (χ1v) is 8.17. The van der Waals surface area contributed by atoms with Gasteiger partial charge in [-0.15, -0.1) is 24.0 Å². The zero-order valence-corrected chi connectivity index (χ0v) is 17.0. The Kier molecular flexibility index (Phi) is 9.71. The Morgan fingerprint density at radius 2 is 1.88 bits per heavy atom. The number of nitrogens with one attached hydrogen (secondary N) is 2. The minimum absolute atomic E-state index is 0. The van der Waals surface area contributed by atoms with Crippen LogP contribution in [0.3, 0.4) is 0 Å². The average Bonchev–Trinajstić information content (AvgIpc) is 3.11. The summed E-state index contributed by atoms with van der Waals surface area (Å²) in [4.78, 5) is 15.8. The molecule has 0 spiro atoms. The van der Waals surface area contributed by atoms with Crippen LogP contribution in [-0.2, 0) is 17.8 Å². The van der Waals surface area contributed by atoms with E-state index in [4.69, 9.17) is 5.73 Å². The molecular weight excluding hydrogens is 448 g/mol. The van der Waals surface area contributed by atoms with Crippen LogP contribution in [0.1, 0.15) is 5.56 Å². The third-order valence-electron chi connectivity index (χ3n) is 3.87. The highest BCUT2D eigenvalue weighted by Gasteiger charge is 2.16. The molecule has 0 fully saturated rings. The quantitative estimate of drug-likeness (QED) is 0.311. The Morgan fingerprint density at radius 1 is 1.23 bits per heavy atom. The number of primary amides is 1. The van der Waals surface area contributed by atoms with Crippen LogP contribution in [0.4, 0.5) is 4.39 Å². The average molecular weight is 473 g/mol. The molecule has 0 saturated carbocycles. The first-order valence-electron chi connectivity index (χ1n) is 8.17. The topological polar surface area (TPSA) is 84.4 Å². The molecule has 142 valence electrons. The Balaban J connectivity index is 0.00000338. The molecule has 1 amide bonds. The number of hydrogen-bond acceptors (Lipinski definition) is 2. The molecule has 1 atom stereocenters. The van der Waals surface area contributed by atoms with Crippen LogP contribution in [-0.4, -0.2) is 36.6 Å². The molecule has 1 aromatic carbocycles. The van der Waals surface area contributed by atoms with Gasteiger partial charge in [0, 0.05) is 39.1 Å². The molecule has 6 nitrogen and oxygen atoms in total. The van der Waals surface area contributed by atoms with Crippen LogP contribution in [0.25, 0.3) is 0 Å². The van der Waals surface area contributed by atoms with Crippen molar-refractivity contribution in [1.82, 2.24) is 15.2 Å². The van der Waals surface area contributed by atoms with E-state index in [-0.39, 0.29) is 29.8 Å². The standard InChI is InChI=1S/C18H24FN5O.HI/c1-21-18(22-8-11-24-9-2-3-10-24)23-13-15(17(20)25)12-14-4-6-16(19)7-5-14;/h2-7,9-10,15H,8,11-13H2,1H3,(H2,20,25)(H2,21,22,23);1H. The van der Waals surface area contributed by atoms with Crippen molar-refractivity contribution in [2.75, 3.05) is 20.1 Å². The van der Waals surface area contributed by atoms with Crippen molar-refractivity contribution in [3.8, 4) is 0 Å². The molecule has 1 unspecified atom stereocenters. The summed E-state index contributed by atoms with van der Waals surface area (Å²) in [5, 5.41) is 6.31. The van der Waals surface area contributed by atoms with Crippen LogP contribution in [0.2, 0.25) is 0 Å². The van der Waals surface area contributed by atoms with Crippen molar-refractivity contribution < 1.29 is 9.18 Å². The van der Waals surface area contributed by atoms with E-state index in [9.17, 15) is 9.18 Å². The van der Waals surface area contributed by atoms with Crippen molar-refractivity contribution in [3.05, 3.63) is 60.2 Å². The lowest BCUT2D eigenvalue weighted by Crippen LogP contribution is -2.43. The highest BCUT2D eigenvalue weighted by Crippen LogP contribution is 2.09. The van der Waals surface area contributed by atoms with Crippen molar-refractivity contribution in [3.63, 3.8) is 0 Å². The third-order valence-corrected chi connectivity index (χ3v) is 3.87. The summed E-state index contributed by atoms with van der Waals surface area (Å²) in [6.07, 6.45) is 4.43. The zero-order valence-electron chi connectivity index (χ0n) is 14.7. The summed E-state index contributed by atoms with van der Waals surface area (Å²) >= 11 is 0. The molecule has 8 heteroatoms. The fourth-order valence-corrected chi connectivity index (χ4v) is 2.44. The van der Waals surface area contributed by atoms with Gasteiger partial charge >= 0.3 is 0 Å². The summed E-state index contributed by atoms with van der Waals surface area (Å²) in [5.74, 6) is -0.504. The summed E-state index contributed by atoms with van der Waals surface area (Å²) in [6, 6.07) is 10.0. The van der Waals surface area contributed by atoms with E-state index in [1.54, 1.807) is 19.2 Å². The number of halogens is 2. The van der Waals surface area contributed by atoms with E-state index in [0.29, 0.717) is 25.5 Å². The molecule has 2 aromatic rings. The minimum atomic E-state index is -0.409. The molecule has 0 bridgehead atoms. The summed E-state index contributed by atoms with van der Waals surface area (Å²) in [7, 11) is 1.67. The number of rotatable bonds is 8. The number of hydrogen-bond donors (Lipinski definition) is 3.